The van der Waals surface area contributed by atoms with E-state index in [9.17, 15) is 14.4 Å². The van der Waals surface area contributed by atoms with Gasteiger partial charge in [0.1, 0.15) is 0 Å². The number of fused-ring (bicyclic) bond motifs is 5. The topological polar surface area (TPSA) is 66.5 Å². The van der Waals surface area contributed by atoms with Gasteiger partial charge in [-0.1, -0.05) is 35.4 Å². The lowest BCUT2D eigenvalue weighted by molar-refractivity contribution is -0.123. The molecule has 1 aromatic rings. The van der Waals surface area contributed by atoms with Gasteiger partial charge in [-0.15, -0.1) is 0 Å². The minimum absolute atomic E-state index is 0.144. The molecule has 0 spiro atoms. The first-order chi connectivity index (χ1) is 11.4. The van der Waals surface area contributed by atoms with Crippen LogP contribution in [0.2, 0.25) is 10.0 Å². The average molecular weight is 365 g/mol. The molecule has 3 aliphatic rings. The van der Waals surface area contributed by atoms with Gasteiger partial charge in [0.05, 0.1) is 33.3 Å². The third-order valence-electron chi connectivity index (χ3n) is 5.06. The summed E-state index contributed by atoms with van der Waals surface area (Å²) in [6.45, 7) is 1.35. The van der Waals surface area contributed by atoms with Crippen molar-refractivity contribution in [3.8, 4) is 0 Å². The first-order valence-electron chi connectivity index (χ1n) is 7.71. The Kier molecular flexibility index (Phi) is 3.48. The van der Waals surface area contributed by atoms with E-state index >= 15 is 0 Å². The van der Waals surface area contributed by atoms with E-state index < -0.39 is 0 Å². The number of benzene rings is 1. The van der Waals surface area contributed by atoms with Crippen LogP contribution >= 0.6 is 23.2 Å². The van der Waals surface area contributed by atoms with Crippen molar-refractivity contribution < 1.29 is 14.4 Å². The van der Waals surface area contributed by atoms with Crippen molar-refractivity contribution in [1.29, 1.82) is 0 Å². The van der Waals surface area contributed by atoms with E-state index in [2.05, 4.69) is 5.32 Å². The Labute approximate surface area is 148 Å². The zero-order valence-corrected chi connectivity index (χ0v) is 14.3. The Bertz CT molecular complexity index is 767. The van der Waals surface area contributed by atoms with Crippen LogP contribution in [-0.4, -0.2) is 17.7 Å². The van der Waals surface area contributed by atoms with Crippen molar-refractivity contribution in [2.45, 2.75) is 13.3 Å². The second kappa shape index (κ2) is 5.33. The fraction of sp³-hybridized carbons (Fsp3) is 0.353. The van der Waals surface area contributed by atoms with Crippen LogP contribution < -0.4 is 10.2 Å². The number of nitrogens with one attached hydrogen (secondary N) is 1. The van der Waals surface area contributed by atoms with Crippen molar-refractivity contribution in [3.63, 3.8) is 0 Å². The van der Waals surface area contributed by atoms with Gasteiger partial charge in [-0.2, -0.15) is 0 Å². The molecule has 2 fully saturated rings. The number of allylic oxidation sites excluding steroid dienone is 2. The molecule has 1 aliphatic heterocycles. The molecule has 5 nitrogen and oxygen atoms in total. The SMILES string of the molecule is CC(=O)Nc1c(Cl)cc(N2C(=O)[C@@H]3[C@@H](C2=O)[C@H]2C=C[C@H]3C2)cc1Cl. The van der Waals surface area contributed by atoms with Crippen molar-refractivity contribution in [2.24, 2.45) is 23.7 Å². The Morgan fingerprint density at radius 1 is 1.08 bits per heavy atom. The van der Waals surface area contributed by atoms with Gasteiger partial charge >= 0.3 is 0 Å². The van der Waals surface area contributed by atoms with Crippen LogP contribution in [0.4, 0.5) is 11.4 Å². The predicted molar refractivity (Wildman–Crippen MR) is 91.0 cm³/mol. The highest BCUT2D eigenvalue weighted by atomic mass is 35.5. The van der Waals surface area contributed by atoms with E-state index in [1.165, 1.54) is 24.0 Å². The maximum absolute atomic E-state index is 12.8. The third-order valence-corrected chi connectivity index (χ3v) is 5.65. The Balaban J connectivity index is 1.71. The number of nitrogens with zero attached hydrogens (tertiary/aromatic N) is 1. The van der Waals surface area contributed by atoms with Crippen molar-refractivity contribution in [2.75, 3.05) is 10.2 Å². The van der Waals surface area contributed by atoms with Crippen LogP contribution in [0.25, 0.3) is 0 Å². The molecule has 7 heteroatoms. The number of halogens is 2. The van der Waals surface area contributed by atoms with Crippen LogP contribution in [0.5, 0.6) is 0 Å². The lowest BCUT2D eigenvalue weighted by Crippen LogP contribution is -2.32. The molecule has 3 amide bonds. The highest BCUT2D eigenvalue weighted by Gasteiger charge is 2.59. The van der Waals surface area contributed by atoms with E-state index in [1.54, 1.807) is 0 Å². The molecular formula is C17H14Cl2N2O3. The maximum atomic E-state index is 12.8. The number of hydrogen-bond donors (Lipinski definition) is 1. The second-order valence-electron chi connectivity index (χ2n) is 6.48. The normalized spacial score (nSPS) is 30.2. The molecule has 0 aromatic heterocycles. The Hall–Kier alpha value is -1.85. The number of rotatable bonds is 2. The number of carbonyl (C=O) groups is 3. The lowest BCUT2D eigenvalue weighted by atomic mass is 9.85. The Morgan fingerprint density at radius 3 is 2.04 bits per heavy atom. The van der Waals surface area contributed by atoms with Crippen molar-refractivity contribution in [3.05, 3.63) is 34.3 Å². The van der Waals surface area contributed by atoms with Crippen LogP contribution in [0, 0.1) is 23.7 Å². The third kappa shape index (κ3) is 2.11. The largest absolute Gasteiger partial charge is 0.324 e. The fourth-order valence-corrected chi connectivity index (χ4v) is 4.71. The smallest absolute Gasteiger partial charge is 0.238 e. The summed E-state index contributed by atoms with van der Waals surface area (Å²) in [5.41, 5.74) is 0.624. The molecular weight excluding hydrogens is 351 g/mol. The van der Waals surface area contributed by atoms with Gasteiger partial charge in [-0.25, -0.2) is 4.90 Å². The van der Waals surface area contributed by atoms with Gasteiger partial charge in [-0.3, -0.25) is 14.4 Å². The summed E-state index contributed by atoms with van der Waals surface area (Å²) in [5, 5.41) is 2.92. The van der Waals surface area contributed by atoms with Crippen molar-refractivity contribution >= 4 is 52.3 Å². The van der Waals surface area contributed by atoms with Crippen LogP contribution in [0.1, 0.15) is 13.3 Å². The zero-order chi connectivity index (χ0) is 17.2. The minimum atomic E-state index is -0.308. The monoisotopic (exact) mass is 364 g/mol. The zero-order valence-electron chi connectivity index (χ0n) is 12.8. The summed E-state index contributed by atoms with van der Waals surface area (Å²) in [4.78, 5) is 38.0. The first kappa shape index (κ1) is 15.7. The fourth-order valence-electron chi connectivity index (χ4n) is 4.14. The van der Waals surface area contributed by atoms with Crippen molar-refractivity contribution in [1.82, 2.24) is 0 Å². The quantitative estimate of drug-likeness (QED) is 0.646. The van der Waals surface area contributed by atoms with Gasteiger partial charge < -0.3 is 5.32 Å². The van der Waals surface area contributed by atoms with E-state index in [-0.39, 0.29) is 57.1 Å². The number of amides is 3. The standard InChI is InChI=1S/C17H14Cl2N2O3/c1-7(22)20-15-11(18)5-10(6-12(15)19)21-16(23)13-8-2-3-9(4-8)14(13)17(21)24/h2-3,5-6,8-9,13-14H,4H2,1H3,(H,20,22)/t8-,9-,13-,14-/m0/s1. The van der Waals surface area contributed by atoms with Crippen LogP contribution in [0.3, 0.4) is 0 Å². The molecule has 1 aromatic carbocycles. The number of carbonyl (C=O) groups excluding carboxylic acids is 3. The molecule has 1 heterocycles. The predicted octanol–water partition coefficient (Wildman–Crippen LogP) is 3.26. The summed E-state index contributed by atoms with van der Waals surface area (Å²) < 4.78 is 0. The summed E-state index contributed by atoms with van der Waals surface area (Å²) in [7, 11) is 0. The summed E-state index contributed by atoms with van der Waals surface area (Å²) in [6.07, 6.45) is 4.96. The van der Waals surface area contributed by atoms with Crippen LogP contribution in [-0.2, 0) is 14.4 Å². The summed E-state index contributed by atoms with van der Waals surface area (Å²) in [6, 6.07) is 2.98. The molecule has 1 saturated heterocycles. The molecule has 4 rings (SSSR count). The molecule has 0 unspecified atom stereocenters. The molecule has 2 bridgehead atoms. The molecule has 24 heavy (non-hydrogen) atoms. The first-order valence-corrected chi connectivity index (χ1v) is 8.47. The molecule has 0 radical (unpaired) electrons. The average Bonchev–Trinajstić information content (AvgIpc) is 3.17. The van der Waals surface area contributed by atoms with E-state index in [0.717, 1.165) is 6.42 Å². The van der Waals surface area contributed by atoms with E-state index in [1.807, 2.05) is 12.2 Å². The number of hydrogen-bond acceptors (Lipinski definition) is 3. The highest BCUT2D eigenvalue weighted by molar-refractivity contribution is 6.40. The second-order valence-corrected chi connectivity index (χ2v) is 7.29. The summed E-state index contributed by atoms with van der Waals surface area (Å²) in [5.74, 6) is -0.961. The molecule has 1 N–H and O–H groups in total. The van der Waals surface area contributed by atoms with Crippen LogP contribution in [0.15, 0.2) is 24.3 Å². The van der Waals surface area contributed by atoms with Gasteiger partial charge in [0, 0.05) is 6.92 Å². The number of anilines is 2. The maximum Gasteiger partial charge on any atom is 0.238 e. The molecule has 1 saturated carbocycles. The minimum Gasteiger partial charge on any atom is -0.324 e. The summed E-state index contributed by atoms with van der Waals surface area (Å²) >= 11 is 12.4. The van der Waals surface area contributed by atoms with E-state index in [4.69, 9.17) is 23.2 Å². The van der Waals surface area contributed by atoms with E-state index in [0.29, 0.717) is 5.69 Å². The van der Waals surface area contributed by atoms with Gasteiger partial charge in [0.2, 0.25) is 17.7 Å². The van der Waals surface area contributed by atoms with Gasteiger partial charge in [0.15, 0.2) is 0 Å². The molecule has 124 valence electrons. The molecule has 4 atom stereocenters. The number of imide groups is 1. The molecule has 2 aliphatic carbocycles. The highest BCUT2D eigenvalue weighted by Crippen LogP contribution is 2.53. The van der Waals surface area contributed by atoms with Gasteiger partial charge in [-0.05, 0) is 30.4 Å². The van der Waals surface area contributed by atoms with Gasteiger partial charge in [0.25, 0.3) is 0 Å². The lowest BCUT2D eigenvalue weighted by Gasteiger charge is -2.19. The Morgan fingerprint density at radius 2 is 1.58 bits per heavy atom.